The van der Waals surface area contributed by atoms with Crippen molar-refractivity contribution in [2.75, 3.05) is 9.80 Å². The van der Waals surface area contributed by atoms with Crippen LogP contribution in [0.5, 0.6) is 0 Å². The first-order chi connectivity index (χ1) is 30.0. The molecule has 12 rings (SSSR count). The van der Waals surface area contributed by atoms with E-state index in [-0.39, 0.29) is 39.5 Å². The summed E-state index contributed by atoms with van der Waals surface area (Å²) in [5, 5.41) is 2.72. The second kappa shape index (κ2) is 13.5. The van der Waals surface area contributed by atoms with Crippen molar-refractivity contribution >= 4 is 45.2 Å². The normalized spacial score (nSPS) is 28.2. The second-order valence-corrected chi connectivity index (χ2v) is 20.7. The van der Waals surface area contributed by atoms with Crippen molar-refractivity contribution in [3.63, 3.8) is 0 Å². The van der Waals surface area contributed by atoms with Crippen LogP contribution in [0.3, 0.4) is 0 Å². The molecule has 6 aromatic carbocycles. The number of anilines is 4. The van der Waals surface area contributed by atoms with Gasteiger partial charge in [-0.2, -0.15) is 0 Å². The van der Waals surface area contributed by atoms with Crippen molar-refractivity contribution in [2.45, 2.75) is 115 Å². The van der Waals surface area contributed by atoms with Crippen LogP contribution in [0.25, 0.3) is 33.5 Å². The minimum Gasteiger partial charge on any atom is -0.335 e. The fourth-order valence-electron chi connectivity index (χ4n) is 13.7. The quantitative estimate of drug-likeness (QED) is 0.175. The summed E-state index contributed by atoms with van der Waals surface area (Å²) in [4.78, 5) is 5.12. The van der Waals surface area contributed by atoms with Crippen molar-refractivity contribution in [2.24, 2.45) is 10.8 Å². The molecule has 0 bridgehead atoms. The van der Waals surface area contributed by atoms with Crippen LogP contribution in [0.2, 0.25) is 0 Å². The van der Waals surface area contributed by atoms with Gasteiger partial charge in [0.2, 0.25) is 0 Å². The lowest BCUT2D eigenvalue weighted by molar-refractivity contribution is 0.0862. The smallest absolute Gasteiger partial charge is 0.123 e. The average molecular weight is 819 g/mol. The van der Waals surface area contributed by atoms with E-state index in [1.54, 1.807) is 24.3 Å². The first-order valence-electron chi connectivity index (χ1n) is 23.3. The third-order valence-electron chi connectivity index (χ3n) is 17.5. The number of fused-ring (bicyclic) bond motifs is 4. The number of hydrogen-bond donors (Lipinski definition) is 0. The fourth-order valence-corrected chi connectivity index (χ4v) is 13.7. The van der Waals surface area contributed by atoms with Crippen LogP contribution in [-0.4, -0.2) is 11.1 Å². The number of allylic oxidation sites excluding steroid dienone is 3. The molecule has 2 nitrogen and oxygen atoms in total. The molecular formula is C58H56F2N2. The highest BCUT2D eigenvalue weighted by atomic mass is 19.1. The molecule has 0 amide bonds. The summed E-state index contributed by atoms with van der Waals surface area (Å²) >= 11 is 0. The zero-order valence-corrected chi connectivity index (χ0v) is 36.6. The van der Waals surface area contributed by atoms with E-state index in [0.717, 1.165) is 43.5 Å². The Labute approximate surface area is 366 Å². The molecule has 4 aliphatic carbocycles. The minimum atomic E-state index is -0.192. The van der Waals surface area contributed by atoms with Crippen LogP contribution in [0, 0.1) is 22.5 Å². The molecule has 312 valence electrons. The lowest BCUT2D eigenvalue weighted by Crippen LogP contribution is -2.60. The summed E-state index contributed by atoms with van der Waals surface area (Å²) in [6.45, 7) is 9.90. The van der Waals surface area contributed by atoms with E-state index < -0.39 is 0 Å². The molecule has 0 radical (unpaired) electrons. The molecule has 4 heteroatoms. The van der Waals surface area contributed by atoms with Crippen LogP contribution < -0.4 is 9.80 Å². The van der Waals surface area contributed by atoms with Crippen LogP contribution in [0.1, 0.15) is 118 Å². The Morgan fingerprint density at radius 1 is 0.565 bits per heavy atom. The van der Waals surface area contributed by atoms with E-state index in [9.17, 15) is 8.78 Å². The molecule has 0 N–H and O–H groups in total. The summed E-state index contributed by atoms with van der Waals surface area (Å²) in [7, 11) is 0. The van der Waals surface area contributed by atoms with Crippen molar-refractivity contribution in [1.82, 2.24) is 0 Å². The van der Waals surface area contributed by atoms with Gasteiger partial charge in [0.25, 0.3) is 0 Å². The molecule has 2 heterocycles. The van der Waals surface area contributed by atoms with Gasteiger partial charge in [-0.05, 0) is 197 Å². The van der Waals surface area contributed by atoms with Gasteiger partial charge in [-0.1, -0.05) is 100 Å². The predicted octanol–water partition coefficient (Wildman–Crippen LogP) is 15.6. The summed E-state index contributed by atoms with van der Waals surface area (Å²) in [6.07, 6.45) is 19.9. The first-order valence-corrected chi connectivity index (χ1v) is 23.3. The van der Waals surface area contributed by atoms with E-state index in [4.69, 9.17) is 0 Å². The van der Waals surface area contributed by atoms with Crippen LogP contribution in [0.15, 0.2) is 121 Å². The SMILES string of the molecule is CC12CCCCC1(C)N(c1ccc(F)cc1)c1ccc(-c3ccc4c5c6c(ccc35)C=CC(c3ccc5c(c3)CC3(C)CCCCC3(C)N5c3ccc(F)cc3)C6=CC4)cc1C2. The van der Waals surface area contributed by atoms with Gasteiger partial charge in [0.1, 0.15) is 11.6 Å². The number of nitrogens with zero attached hydrogens (tertiary/aromatic N) is 2. The average Bonchev–Trinajstić information content (AvgIpc) is 3.27. The molecule has 2 aliphatic heterocycles. The van der Waals surface area contributed by atoms with Crippen molar-refractivity contribution in [3.8, 4) is 11.1 Å². The van der Waals surface area contributed by atoms with Gasteiger partial charge in [-0.25, -0.2) is 8.78 Å². The van der Waals surface area contributed by atoms with E-state index in [2.05, 4.69) is 116 Å². The molecular weight excluding hydrogens is 763 g/mol. The fraction of sp³-hybridized carbons (Fsp3) is 0.345. The molecule has 62 heavy (non-hydrogen) atoms. The van der Waals surface area contributed by atoms with Crippen LogP contribution >= 0.6 is 0 Å². The molecule has 5 atom stereocenters. The van der Waals surface area contributed by atoms with Gasteiger partial charge >= 0.3 is 0 Å². The lowest BCUT2D eigenvalue weighted by Gasteiger charge is -2.60. The maximum absolute atomic E-state index is 14.3. The zero-order valence-electron chi connectivity index (χ0n) is 36.6. The van der Waals surface area contributed by atoms with Crippen LogP contribution in [0.4, 0.5) is 31.5 Å². The molecule has 2 saturated carbocycles. The molecule has 0 aromatic heterocycles. The molecule has 2 fully saturated rings. The largest absolute Gasteiger partial charge is 0.335 e. The van der Waals surface area contributed by atoms with Gasteiger partial charge in [0.05, 0.1) is 0 Å². The van der Waals surface area contributed by atoms with Gasteiger partial charge in [-0.15, -0.1) is 0 Å². The van der Waals surface area contributed by atoms with Crippen LogP contribution in [-0.2, 0) is 19.3 Å². The van der Waals surface area contributed by atoms with E-state index in [0.29, 0.717) is 0 Å². The summed E-state index contributed by atoms with van der Waals surface area (Å²) in [5.41, 5.74) is 17.0. The molecule has 5 unspecified atom stereocenters. The minimum absolute atomic E-state index is 0.0470. The predicted molar refractivity (Wildman–Crippen MR) is 254 cm³/mol. The monoisotopic (exact) mass is 818 g/mol. The number of benzene rings is 6. The van der Waals surface area contributed by atoms with E-state index >= 15 is 0 Å². The van der Waals surface area contributed by atoms with E-state index in [1.807, 2.05) is 24.3 Å². The Hall–Kier alpha value is -5.48. The number of hydrogen-bond acceptors (Lipinski definition) is 2. The Bertz CT molecular complexity index is 2890. The Morgan fingerprint density at radius 2 is 1.15 bits per heavy atom. The second-order valence-electron chi connectivity index (χ2n) is 20.7. The third kappa shape index (κ3) is 5.37. The maximum atomic E-state index is 14.3. The maximum Gasteiger partial charge on any atom is 0.123 e. The topological polar surface area (TPSA) is 6.48 Å². The van der Waals surface area contributed by atoms with E-state index in [1.165, 1.54) is 111 Å². The summed E-state index contributed by atoms with van der Waals surface area (Å²) < 4.78 is 28.5. The molecule has 6 aromatic rings. The summed E-state index contributed by atoms with van der Waals surface area (Å²) in [5.74, 6) is -0.222. The van der Waals surface area contributed by atoms with Gasteiger partial charge in [-0.3, -0.25) is 0 Å². The molecule has 0 spiro atoms. The number of rotatable bonds is 4. The van der Waals surface area contributed by atoms with Crippen molar-refractivity contribution in [1.29, 1.82) is 0 Å². The first kappa shape index (κ1) is 38.2. The highest BCUT2D eigenvalue weighted by molar-refractivity contribution is 6.09. The molecule has 0 saturated heterocycles. The number of halogens is 2. The highest BCUT2D eigenvalue weighted by Crippen LogP contribution is 2.60. The lowest BCUT2D eigenvalue weighted by atomic mass is 9.57. The Kier molecular flexibility index (Phi) is 8.33. The van der Waals surface area contributed by atoms with Gasteiger partial charge in [0.15, 0.2) is 0 Å². The Morgan fingerprint density at radius 3 is 1.77 bits per heavy atom. The Balaban J connectivity index is 0.941. The van der Waals surface area contributed by atoms with Crippen molar-refractivity contribution < 1.29 is 8.78 Å². The standard InChI is InChI=1S/C58H56F2N2/c1-55-29-5-7-31-57(55,3)61(45-19-15-43(59)16-20-45)51-27-13-39(33-41(51)35-55)47-23-9-37-12-26-50-48(24-10-38-11-25-49(47)53(37)54(38)50)40-14-28-52-42(34-40)36-56(2)30-6-8-32-58(56,4)62(52)46-21-17-44(60)18-22-46/h9-11,13-28,33-34,48H,5-8,12,29-32,35-36H2,1-4H3. The third-order valence-corrected chi connectivity index (χ3v) is 17.5. The van der Waals surface area contributed by atoms with Gasteiger partial charge in [0, 0.05) is 39.7 Å². The van der Waals surface area contributed by atoms with Gasteiger partial charge < -0.3 is 9.80 Å². The highest BCUT2D eigenvalue weighted by Gasteiger charge is 2.55. The van der Waals surface area contributed by atoms with Crippen molar-refractivity contribution in [3.05, 3.63) is 166 Å². The summed E-state index contributed by atoms with van der Waals surface area (Å²) in [6, 6.07) is 38.2. The molecule has 6 aliphatic rings. The zero-order chi connectivity index (χ0) is 42.2.